The van der Waals surface area contributed by atoms with Crippen molar-refractivity contribution in [2.45, 2.75) is 13.3 Å². The number of aromatic nitrogens is 2. The molecule has 0 aliphatic rings. The number of aryl methyl sites for hydroxylation is 1. The van der Waals surface area contributed by atoms with Crippen LogP contribution < -0.4 is 5.56 Å². The van der Waals surface area contributed by atoms with Crippen LogP contribution in [0.1, 0.15) is 12.5 Å². The van der Waals surface area contributed by atoms with Gasteiger partial charge in [0, 0.05) is 18.0 Å². The van der Waals surface area contributed by atoms with Crippen molar-refractivity contribution in [1.82, 2.24) is 9.55 Å². The van der Waals surface area contributed by atoms with Gasteiger partial charge >= 0.3 is 0 Å². The number of rotatable bonds is 2. The summed E-state index contributed by atoms with van der Waals surface area (Å²) >= 11 is 5.11. The maximum Gasteiger partial charge on any atom is 0.251 e. The summed E-state index contributed by atoms with van der Waals surface area (Å²) in [7, 11) is 0. The molecule has 0 aliphatic carbocycles. The molecule has 0 unspecified atom stereocenters. The Kier molecular flexibility index (Phi) is 3.01. The molecule has 16 heavy (non-hydrogen) atoms. The van der Waals surface area contributed by atoms with E-state index in [4.69, 9.17) is 12.2 Å². The third-order valence-electron chi connectivity index (χ3n) is 2.42. The monoisotopic (exact) mass is 232 g/mol. The molecule has 0 saturated heterocycles. The number of aromatic amines is 1. The van der Waals surface area contributed by atoms with Crippen molar-refractivity contribution in [1.29, 1.82) is 0 Å². The van der Waals surface area contributed by atoms with Crippen LogP contribution in [-0.2, 0) is 6.42 Å². The van der Waals surface area contributed by atoms with E-state index in [9.17, 15) is 4.79 Å². The van der Waals surface area contributed by atoms with Gasteiger partial charge < -0.3 is 0 Å². The smallest absolute Gasteiger partial charge is 0.251 e. The molecule has 0 fully saturated rings. The quantitative estimate of drug-likeness (QED) is 0.808. The first-order chi connectivity index (χ1) is 7.70. The molecular weight excluding hydrogens is 220 g/mol. The van der Waals surface area contributed by atoms with Gasteiger partial charge in [-0.1, -0.05) is 19.1 Å². The lowest BCUT2D eigenvalue weighted by atomic mass is 10.1. The number of H-pyrrole nitrogens is 1. The Morgan fingerprint density at radius 3 is 2.88 bits per heavy atom. The summed E-state index contributed by atoms with van der Waals surface area (Å²) < 4.78 is 2.20. The van der Waals surface area contributed by atoms with Crippen LogP contribution in [0.15, 0.2) is 41.3 Å². The summed E-state index contributed by atoms with van der Waals surface area (Å²) in [4.78, 5) is 13.7. The topological polar surface area (TPSA) is 37.8 Å². The highest BCUT2D eigenvalue weighted by Crippen LogP contribution is 2.10. The molecule has 2 aromatic rings. The molecule has 1 N–H and O–H groups in total. The minimum Gasteiger partial charge on any atom is -0.299 e. The SMILES string of the molecule is CCc1cccc(-n2ccc(=O)[nH]c2=S)c1. The van der Waals surface area contributed by atoms with E-state index in [1.807, 2.05) is 12.1 Å². The molecule has 2 rings (SSSR count). The predicted octanol–water partition coefficient (Wildman–Crippen LogP) is 2.46. The summed E-state index contributed by atoms with van der Waals surface area (Å²) in [6, 6.07) is 9.55. The van der Waals surface area contributed by atoms with Gasteiger partial charge in [-0.3, -0.25) is 14.3 Å². The first-order valence-corrected chi connectivity index (χ1v) is 5.53. The maximum atomic E-state index is 11.1. The van der Waals surface area contributed by atoms with Crippen molar-refractivity contribution in [3.05, 3.63) is 57.2 Å². The van der Waals surface area contributed by atoms with E-state index in [0.29, 0.717) is 4.77 Å². The van der Waals surface area contributed by atoms with E-state index in [-0.39, 0.29) is 5.56 Å². The average Bonchev–Trinajstić information content (AvgIpc) is 2.29. The van der Waals surface area contributed by atoms with Gasteiger partial charge in [0.15, 0.2) is 4.77 Å². The van der Waals surface area contributed by atoms with Crippen molar-refractivity contribution in [3.63, 3.8) is 0 Å². The molecule has 0 atom stereocenters. The van der Waals surface area contributed by atoms with Gasteiger partial charge in [0.05, 0.1) is 0 Å². The van der Waals surface area contributed by atoms with E-state index in [1.54, 1.807) is 10.8 Å². The zero-order valence-corrected chi connectivity index (χ0v) is 9.75. The standard InChI is InChI=1S/C12H12N2OS/c1-2-9-4-3-5-10(8-9)14-7-6-11(15)13-12(14)16/h3-8H,2H2,1H3,(H,13,15,16). The summed E-state index contributed by atoms with van der Waals surface area (Å²) in [6.07, 6.45) is 2.67. The van der Waals surface area contributed by atoms with E-state index in [2.05, 4.69) is 24.0 Å². The Balaban J connectivity index is 2.58. The second-order valence-electron chi connectivity index (χ2n) is 3.50. The van der Waals surface area contributed by atoms with Crippen LogP contribution in [0.25, 0.3) is 5.69 Å². The molecule has 1 heterocycles. The second-order valence-corrected chi connectivity index (χ2v) is 3.89. The third-order valence-corrected chi connectivity index (χ3v) is 2.72. The Morgan fingerprint density at radius 2 is 2.19 bits per heavy atom. The third kappa shape index (κ3) is 2.12. The number of hydrogen-bond donors (Lipinski definition) is 1. The van der Waals surface area contributed by atoms with Crippen molar-refractivity contribution in [3.8, 4) is 5.69 Å². The molecule has 82 valence electrons. The molecule has 1 aromatic heterocycles. The highest BCUT2D eigenvalue weighted by Gasteiger charge is 1.98. The second kappa shape index (κ2) is 4.45. The van der Waals surface area contributed by atoms with E-state index in [1.165, 1.54) is 11.6 Å². The summed E-state index contributed by atoms with van der Waals surface area (Å²) in [5.41, 5.74) is 2.04. The number of nitrogens with one attached hydrogen (secondary N) is 1. The van der Waals surface area contributed by atoms with Crippen molar-refractivity contribution in [2.24, 2.45) is 0 Å². The van der Waals surface area contributed by atoms with Crippen LogP contribution in [-0.4, -0.2) is 9.55 Å². The maximum absolute atomic E-state index is 11.1. The lowest BCUT2D eigenvalue weighted by molar-refractivity contribution is 0.933. The molecule has 0 aliphatic heterocycles. The number of hydrogen-bond acceptors (Lipinski definition) is 2. The van der Waals surface area contributed by atoms with Gasteiger partial charge in [0.1, 0.15) is 0 Å². The fourth-order valence-electron chi connectivity index (χ4n) is 1.55. The van der Waals surface area contributed by atoms with Crippen LogP contribution >= 0.6 is 12.2 Å². The molecule has 0 spiro atoms. The normalized spacial score (nSPS) is 10.3. The first-order valence-electron chi connectivity index (χ1n) is 5.12. The van der Waals surface area contributed by atoms with E-state index in [0.717, 1.165) is 12.1 Å². The largest absolute Gasteiger partial charge is 0.299 e. The van der Waals surface area contributed by atoms with Crippen LogP contribution in [0.3, 0.4) is 0 Å². The zero-order valence-electron chi connectivity index (χ0n) is 8.93. The predicted molar refractivity (Wildman–Crippen MR) is 66.6 cm³/mol. The van der Waals surface area contributed by atoms with Gasteiger partial charge in [-0.25, -0.2) is 0 Å². The fourth-order valence-corrected chi connectivity index (χ4v) is 1.81. The summed E-state index contributed by atoms with van der Waals surface area (Å²) in [6.45, 7) is 2.10. The van der Waals surface area contributed by atoms with Crippen molar-refractivity contribution >= 4 is 12.2 Å². The molecule has 0 saturated carbocycles. The minimum atomic E-state index is -0.173. The zero-order chi connectivity index (χ0) is 11.5. The molecule has 0 bridgehead atoms. The van der Waals surface area contributed by atoms with Gasteiger partial charge in [0.25, 0.3) is 5.56 Å². The van der Waals surface area contributed by atoms with Gasteiger partial charge in [0.2, 0.25) is 0 Å². The number of benzene rings is 1. The molecule has 4 heteroatoms. The molecule has 0 amide bonds. The Bertz CT molecular complexity index is 613. The van der Waals surface area contributed by atoms with E-state index < -0.39 is 0 Å². The van der Waals surface area contributed by atoms with Gasteiger partial charge in [-0.15, -0.1) is 0 Å². The average molecular weight is 232 g/mol. The molecule has 3 nitrogen and oxygen atoms in total. The minimum absolute atomic E-state index is 0.173. The van der Waals surface area contributed by atoms with Crippen LogP contribution in [0.5, 0.6) is 0 Å². The Labute approximate surface area is 98.4 Å². The van der Waals surface area contributed by atoms with Gasteiger partial charge in [-0.05, 0) is 36.3 Å². The fraction of sp³-hybridized carbons (Fsp3) is 0.167. The van der Waals surface area contributed by atoms with Gasteiger partial charge in [-0.2, -0.15) is 0 Å². The highest BCUT2D eigenvalue weighted by atomic mass is 32.1. The van der Waals surface area contributed by atoms with Crippen LogP contribution in [0.4, 0.5) is 0 Å². The Morgan fingerprint density at radius 1 is 1.38 bits per heavy atom. The van der Waals surface area contributed by atoms with E-state index >= 15 is 0 Å². The van der Waals surface area contributed by atoms with Crippen LogP contribution in [0.2, 0.25) is 0 Å². The number of nitrogens with zero attached hydrogens (tertiary/aromatic N) is 1. The van der Waals surface area contributed by atoms with Crippen molar-refractivity contribution in [2.75, 3.05) is 0 Å². The first kappa shape index (κ1) is 10.8. The molecular formula is C12H12N2OS. The summed E-state index contributed by atoms with van der Waals surface area (Å²) in [5, 5.41) is 0. The lowest BCUT2D eigenvalue weighted by Gasteiger charge is -2.07. The summed E-state index contributed by atoms with van der Waals surface area (Å²) in [5.74, 6) is 0. The lowest BCUT2D eigenvalue weighted by Crippen LogP contribution is -2.09. The Hall–Kier alpha value is -1.68. The molecule has 0 radical (unpaired) electrons. The van der Waals surface area contributed by atoms with Crippen molar-refractivity contribution < 1.29 is 0 Å². The van der Waals surface area contributed by atoms with Crippen LogP contribution in [0, 0.1) is 4.77 Å². The molecule has 1 aromatic carbocycles. The highest BCUT2D eigenvalue weighted by molar-refractivity contribution is 7.71.